The average Bonchev–Trinajstić information content (AvgIpc) is 2.82. The maximum Gasteiger partial charge on any atom is 0.239 e. The molecule has 0 aromatic heterocycles. The third-order valence-electron chi connectivity index (χ3n) is 3.69. The smallest absolute Gasteiger partial charge is 0.239 e. The zero-order valence-corrected chi connectivity index (χ0v) is 11.5. The van der Waals surface area contributed by atoms with Gasteiger partial charge < -0.3 is 20.4 Å². The largest absolute Gasteiger partial charge is 0.355 e. The van der Waals surface area contributed by atoms with E-state index >= 15 is 0 Å². The van der Waals surface area contributed by atoms with Crippen molar-refractivity contribution in [3.05, 3.63) is 0 Å². The number of carbonyl (C=O) groups excluding carboxylic acids is 2. The first-order valence-corrected chi connectivity index (χ1v) is 7.23. The molecule has 2 aliphatic rings. The van der Waals surface area contributed by atoms with Crippen LogP contribution in [0.5, 0.6) is 0 Å². The van der Waals surface area contributed by atoms with E-state index in [0.29, 0.717) is 13.0 Å². The third kappa shape index (κ3) is 4.80. The van der Waals surface area contributed by atoms with Crippen LogP contribution < -0.4 is 10.6 Å². The van der Waals surface area contributed by atoms with Gasteiger partial charge in [0.25, 0.3) is 0 Å². The monoisotopic (exact) mass is 268 g/mol. The van der Waals surface area contributed by atoms with E-state index in [0.717, 1.165) is 52.1 Å². The molecule has 0 aliphatic carbocycles. The normalized spacial score (nSPS) is 20.8. The summed E-state index contributed by atoms with van der Waals surface area (Å²) in [7, 11) is 0. The number of carbonyl (C=O) groups is 2. The Hall–Kier alpha value is -1.14. The van der Waals surface area contributed by atoms with E-state index in [4.69, 9.17) is 0 Å². The highest BCUT2D eigenvalue weighted by atomic mass is 16.2. The molecule has 2 aliphatic heterocycles. The number of hydrogen-bond donors (Lipinski definition) is 2. The fraction of sp³-hybridized carbons (Fsp3) is 0.846. The molecular weight excluding hydrogens is 244 g/mol. The van der Waals surface area contributed by atoms with Gasteiger partial charge in [-0.15, -0.1) is 0 Å². The first-order chi connectivity index (χ1) is 9.25. The second kappa shape index (κ2) is 7.45. The minimum atomic E-state index is -0.0319. The zero-order valence-electron chi connectivity index (χ0n) is 11.5. The molecule has 2 heterocycles. The maximum absolute atomic E-state index is 11.7. The lowest BCUT2D eigenvalue weighted by molar-refractivity contribution is -0.133. The lowest BCUT2D eigenvalue weighted by Crippen LogP contribution is -2.44. The van der Waals surface area contributed by atoms with Crippen molar-refractivity contribution in [2.75, 3.05) is 52.4 Å². The van der Waals surface area contributed by atoms with E-state index < -0.39 is 0 Å². The average molecular weight is 268 g/mol. The molecule has 0 aromatic rings. The molecule has 6 nitrogen and oxygen atoms in total. The Labute approximate surface area is 114 Å². The van der Waals surface area contributed by atoms with E-state index in [1.807, 2.05) is 0 Å². The first-order valence-electron chi connectivity index (χ1n) is 7.23. The molecule has 0 radical (unpaired) electrons. The van der Waals surface area contributed by atoms with Gasteiger partial charge in [-0.3, -0.25) is 9.59 Å². The molecular formula is C13H24N4O2. The summed E-state index contributed by atoms with van der Waals surface area (Å²) in [4.78, 5) is 27.1. The summed E-state index contributed by atoms with van der Waals surface area (Å²) < 4.78 is 0. The van der Waals surface area contributed by atoms with Crippen LogP contribution in [0.1, 0.15) is 19.3 Å². The molecule has 0 bridgehead atoms. The van der Waals surface area contributed by atoms with E-state index in [-0.39, 0.29) is 18.4 Å². The first kappa shape index (κ1) is 14.3. The Kier molecular flexibility index (Phi) is 5.60. The van der Waals surface area contributed by atoms with Gasteiger partial charge in [0.1, 0.15) is 0 Å². The van der Waals surface area contributed by atoms with Gasteiger partial charge in [-0.1, -0.05) is 0 Å². The molecule has 2 saturated heterocycles. The van der Waals surface area contributed by atoms with Crippen molar-refractivity contribution in [3.8, 4) is 0 Å². The Bertz CT molecular complexity index is 316. The topological polar surface area (TPSA) is 64.7 Å². The molecule has 0 saturated carbocycles. The van der Waals surface area contributed by atoms with E-state index in [9.17, 15) is 9.59 Å². The minimum Gasteiger partial charge on any atom is -0.355 e. The summed E-state index contributed by atoms with van der Waals surface area (Å²) >= 11 is 0. The van der Waals surface area contributed by atoms with Crippen LogP contribution >= 0.6 is 0 Å². The lowest BCUT2D eigenvalue weighted by Gasteiger charge is -2.27. The molecule has 0 atom stereocenters. The molecule has 2 rings (SSSR count). The molecule has 2 amide bonds. The molecule has 2 fully saturated rings. The SMILES string of the molecule is O=C(CN1CCCC1=O)NCCCN1CCNCC1. The highest BCUT2D eigenvalue weighted by Crippen LogP contribution is 2.08. The van der Waals surface area contributed by atoms with Gasteiger partial charge in [0.05, 0.1) is 6.54 Å². The summed E-state index contributed by atoms with van der Waals surface area (Å²) in [6, 6.07) is 0. The van der Waals surface area contributed by atoms with Crippen LogP contribution in [0.15, 0.2) is 0 Å². The van der Waals surface area contributed by atoms with Crippen LogP contribution in [0.2, 0.25) is 0 Å². The van der Waals surface area contributed by atoms with E-state index in [1.54, 1.807) is 4.90 Å². The number of likely N-dealkylation sites (tertiary alicyclic amines) is 1. The predicted octanol–water partition coefficient (Wildman–Crippen LogP) is -0.980. The lowest BCUT2D eigenvalue weighted by atomic mass is 10.3. The molecule has 0 spiro atoms. The maximum atomic E-state index is 11.7. The third-order valence-corrected chi connectivity index (χ3v) is 3.69. The van der Waals surface area contributed by atoms with Gasteiger partial charge in [0, 0.05) is 45.7 Å². The van der Waals surface area contributed by atoms with Crippen molar-refractivity contribution in [2.24, 2.45) is 0 Å². The second-order valence-electron chi connectivity index (χ2n) is 5.21. The van der Waals surface area contributed by atoms with Gasteiger partial charge in [0.2, 0.25) is 11.8 Å². The van der Waals surface area contributed by atoms with Crippen LogP contribution in [0.25, 0.3) is 0 Å². The van der Waals surface area contributed by atoms with Gasteiger partial charge in [0.15, 0.2) is 0 Å². The highest BCUT2D eigenvalue weighted by molar-refractivity contribution is 5.85. The molecule has 6 heteroatoms. The Morgan fingerprint density at radius 3 is 2.74 bits per heavy atom. The van der Waals surface area contributed by atoms with Crippen LogP contribution in [0.4, 0.5) is 0 Å². The molecule has 2 N–H and O–H groups in total. The predicted molar refractivity (Wildman–Crippen MR) is 72.8 cm³/mol. The van der Waals surface area contributed by atoms with Crippen molar-refractivity contribution in [1.82, 2.24) is 20.4 Å². The summed E-state index contributed by atoms with van der Waals surface area (Å²) in [5.41, 5.74) is 0. The Morgan fingerprint density at radius 1 is 1.26 bits per heavy atom. The number of amides is 2. The molecule has 0 unspecified atom stereocenters. The van der Waals surface area contributed by atoms with Crippen LogP contribution in [0.3, 0.4) is 0 Å². The van der Waals surface area contributed by atoms with Crippen molar-refractivity contribution in [2.45, 2.75) is 19.3 Å². The van der Waals surface area contributed by atoms with Crippen LogP contribution in [-0.2, 0) is 9.59 Å². The van der Waals surface area contributed by atoms with E-state index in [2.05, 4.69) is 15.5 Å². The molecule has 108 valence electrons. The van der Waals surface area contributed by atoms with Crippen molar-refractivity contribution in [1.29, 1.82) is 0 Å². The Morgan fingerprint density at radius 2 is 2.05 bits per heavy atom. The fourth-order valence-electron chi connectivity index (χ4n) is 2.57. The van der Waals surface area contributed by atoms with Gasteiger partial charge in [-0.05, 0) is 19.4 Å². The van der Waals surface area contributed by atoms with Gasteiger partial charge >= 0.3 is 0 Å². The standard InChI is InChI=1S/C13H24N4O2/c18-12(11-17-8-1-3-13(17)19)15-4-2-7-16-9-5-14-6-10-16/h14H,1-11H2,(H,15,18). The summed E-state index contributed by atoms with van der Waals surface area (Å²) in [6.07, 6.45) is 2.45. The van der Waals surface area contributed by atoms with Gasteiger partial charge in [-0.25, -0.2) is 0 Å². The summed E-state index contributed by atoms with van der Waals surface area (Å²) in [5, 5.41) is 6.21. The summed E-state index contributed by atoms with van der Waals surface area (Å²) in [6.45, 7) is 6.99. The number of nitrogens with zero attached hydrogens (tertiary/aromatic N) is 2. The summed E-state index contributed by atoms with van der Waals surface area (Å²) in [5.74, 6) is 0.0755. The second-order valence-corrected chi connectivity index (χ2v) is 5.21. The number of piperazine rings is 1. The number of hydrogen-bond acceptors (Lipinski definition) is 4. The Balaban J connectivity index is 1.52. The number of rotatable bonds is 6. The van der Waals surface area contributed by atoms with Crippen molar-refractivity contribution in [3.63, 3.8) is 0 Å². The number of nitrogens with one attached hydrogen (secondary N) is 2. The highest BCUT2D eigenvalue weighted by Gasteiger charge is 2.21. The van der Waals surface area contributed by atoms with Crippen molar-refractivity contribution >= 4 is 11.8 Å². The minimum absolute atomic E-state index is 0.0319. The zero-order chi connectivity index (χ0) is 13.5. The van der Waals surface area contributed by atoms with E-state index in [1.165, 1.54) is 0 Å². The fourth-order valence-corrected chi connectivity index (χ4v) is 2.57. The quantitative estimate of drug-likeness (QED) is 0.608. The molecule has 19 heavy (non-hydrogen) atoms. The van der Waals surface area contributed by atoms with Crippen molar-refractivity contribution < 1.29 is 9.59 Å². The van der Waals surface area contributed by atoms with Crippen LogP contribution in [-0.4, -0.2) is 74.0 Å². The van der Waals surface area contributed by atoms with Gasteiger partial charge in [-0.2, -0.15) is 0 Å². The molecule has 0 aromatic carbocycles. The van der Waals surface area contributed by atoms with Crippen LogP contribution in [0, 0.1) is 0 Å².